The largest absolute Gasteiger partial charge is 0.328 e. The highest BCUT2D eigenvalue weighted by Crippen LogP contribution is 2.27. The number of benzene rings is 1. The first kappa shape index (κ1) is 14.0. The van der Waals surface area contributed by atoms with Crippen LogP contribution < -0.4 is 11.3 Å². The van der Waals surface area contributed by atoms with Gasteiger partial charge in [-0.3, -0.25) is 9.59 Å². The highest BCUT2D eigenvalue weighted by Gasteiger charge is 2.22. The van der Waals surface area contributed by atoms with Crippen molar-refractivity contribution in [3.63, 3.8) is 0 Å². The van der Waals surface area contributed by atoms with Gasteiger partial charge in [0.2, 0.25) is 0 Å². The number of H-pyrrole nitrogens is 1. The molecule has 110 valence electrons. The molecule has 0 spiro atoms. The molecule has 2 aromatic rings. The highest BCUT2D eigenvalue weighted by molar-refractivity contribution is 5.98. The van der Waals surface area contributed by atoms with E-state index >= 15 is 0 Å². The van der Waals surface area contributed by atoms with Crippen molar-refractivity contribution in [1.29, 1.82) is 0 Å². The third-order valence-electron chi connectivity index (χ3n) is 4.42. The molecule has 4 heteroatoms. The number of hydrogen-bond acceptors (Lipinski definition) is 3. The van der Waals surface area contributed by atoms with E-state index in [-0.39, 0.29) is 22.9 Å². The quantitative estimate of drug-likeness (QED) is 0.851. The Balaban J connectivity index is 1.81. The minimum absolute atomic E-state index is 0.0533. The first-order chi connectivity index (χ1) is 10.1. The molecule has 0 amide bonds. The summed E-state index contributed by atoms with van der Waals surface area (Å²) in [5, 5.41) is 0.895. The second kappa shape index (κ2) is 5.82. The van der Waals surface area contributed by atoms with E-state index in [1.165, 1.54) is 0 Å². The molecule has 4 nitrogen and oxygen atoms in total. The zero-order valence-corrected chi connectivity index (χ0v) is 12.0. The number of carbonyl (C=O) groups excluding carboxylic acids is 1. The van der Waals surface area contributed by atoms with Gasteiger partial charge < -0.3 is 10.7 Å². The van der Waals surface area contributed by atoms with Crippen molar-refractivity contribution in [3.05, 3.63) is 46.2 Å². The van der Waals surface area contributed by atoms with Gasteiger partial charge in [0.15, 0.2) is 5.78 Å². The van der Waals surface area contributed by atoms with E-state index in [1.54, 1.807) is 6.07 Å². The molecule has 1 fully saturated rings. The van der Waals surface area contributed by atoms with Crippen molar-refractivity contribution in [2.75, 3.05) is 0 Å². The van der Waals surface area contributed by atoms with Crippen molar-refractivity contribution in [2.24, 2.45) is 11.7 Å². The number of pyridine rings is 1. The maximum atomic E-state index is 12.4. The van der Waals surface area contributed by atoms with Crippen LogP contribution in [-0.2, 0) is 0 Å². The van der Waals surface area contributed by atoms with Gasteiger partial charge in [-0.25, -0.2) is 0 Å². The van der Waals surface area contributed by atoms with Crippen molar-refractivity contribution in [1.82, 2.24) is 4.98 Å². The molecule has 0 unspecified atom stereocenters. The third-order valence-corrected chi connectivity index (χ3v) is 4.42. The number of aromatic amines is 1. The summed E-state index contributed by atoms with van der Waals surface area (Å²) in [7, 11) is 0. The molecule has 0 aliphatic heterocycles. The molecule has 3 N–H and O–H groups in total. The Morgan fingerprint density at radius 3 is 2.67 bits per heavy atom. The van der Waals surface area contributed by atoms with E-state index in [4.69, 9.17) is 5.73 Å². The predicted molar refractivity (Wildman–Crippen MR) is 83.4 cm³/mol. The highest BCUT2D eigenvalue weighted by atomic mass is 16.1. The predicted octanol–water partition coefficient (Wildman–Crippen LogP) is 2.62. The normalized spacial score (nSPS) is 22.3. The number of ketones is 1. The maximum Gasteiger partial charge on any atom is 0.259 e. The zero-order chi connectivity index (χ0) is 14.8. The molecule has 0 atom stereocenters. The Bertz CT molecular complexity index is 712. The molecule has 1 saturated carbocycles. The third kappa shape index (κ3) is 3.05. The molecule has 1 aromatic carbocycles. The van der Waals surface area contributed by atoms with Gasteiger partial charge in [-0.2, -0.15) is 0 Å². The number of para-hydroxylation sites is 1. The smallest absolute Gasteiger partial charge is 0.259 e. The number of nitrogens with one attached hydrogen (secondary N) is 1. The number of aromatic nitrogens is 1. The SMILES string of the molecule is NC1CCC(CC(=O)c2cc3ccccc3[nH]c2=O)CC1. The summed E-state index contributed by atoms with van der Waals surface area (Å²) in [4.78, 5) is 27.3. The Hall–Kier alpha value is -1.94. The minimum atomic E-state index is -0.286. The van der Waals surface area contributed by atoms with E-state index in [2.05, 4.69) is 4.98 Å². The van der Waals surface area contributed by atoms with Crippen LogP contribution in [0.1, 0.15) is 42.5 Å². The van der Waals surface area contributed by atoms with Crippen LogP contribution in [0.2, 0.25) is 0 Å². The van der Waals surface area contributed by atoms with E-state index in [0.29, 0.717) is 12.3 Å². The maximum absolute atomic E-state index is 12.4. The fourth-order valence-corrected chi connectivity index (χ4v) is 3.12. The Labute approximate surface area is 123 Å². The van der Waals surface area contributed by atoms with Gasteiger partial charge in [-0.15, -0.1) is 0 Å². The van der Waals surface area contributed by atoms with Crippen molar-refractivity contribution < 1.29 is 4.79 Å². The van der Waals surface area contributed by atoms with Crippen molar-refractivity contribution in [2.45, 2.75) is 38.1 Å². The topological polar surface area (TPSA) is 76.0 Å². The lowest BCUT2D eigenvalue weighted by molar-refractivity contribution is 0.0946. The average molecular weight is 284 g/mol. The van der Waals surface area contributed by atoms with E-state index < -0.39 is 0 Å². The second-order valence-corrected chi connectivity index (χ2v) is 6.01. The van der Waals surface area contributed by atoms with Crippen LogP contribution in [0.4, 0.5) is 0 Å². The summed E-state index contributed by atoms with van der Waals surface area (Å²) < 4.78 is 0. The van der Waals surface area contributed by atoms with Crippen LogP contribution in [0.15, 0.2) is 35.1 Å². The van der Waals surface area contributed by atoms with Crippen LogP contribution in [0.25, 0.3) is 10.9 Å². The van der Waals surface area contributed by atoms with Gasteiger partial charge >= 0.3 is 0 Å². The number of nitrogens with two attached hydrogens (primary N) is 1. The summed E-state index contributed by atoms with van der Waals surface area (Å²) in [6.07, 6.45) is 4.38. The van der Waals surface area contributed by atoms with Gasteiger partial charge in [-0.05, 0) is 49.1 Å². The number of hydrogen-bond donors (Lipinski definition) is 2. The molecule has 0 radical (unpaired) electrons. The van der Waals surface area contributed by atoms with Crippen LogP contribution in [0.3, 0.4) is 0 Å². The first-order valence-corrected chi connectivity index (χ1v) is 7.54. The molecule has 1 aliphatic rings. The Morgan fingerprint density at radius 2 is 1.90 bits per heavy atom. The van der Waals surface area contributed by atoms with Crippen LogP contribution in [0.5, 0.6) is 0 Å². The summed E-state index contributed by atoms with van der Waals surface area (Å²) >= 11 is 0. The molecular weight excluding hydrogens is 264 g/mol. The van der Waals surface area contributed by atoms with Crippen LogP contribution in [0, 0.1) is 5.92 Å². The first-order valence-electron chi connectivity index (χ1n) is 7.54. The summed E-state index contributed by atoms with van der Waals surface area (Å²) in [6.45, 7) is 0. The summed E-state index contributed by atoms with van der Waals surface area (Å²) in [5.74, 6) is 0.311. The standard InChI is InChI=1S/C17H20N2O2/c18-13-7-5-11(6-8-13)9-16(20)14-10-12-3-1-2-4-15(12)19-17(14)21/h1-4,10-11,13H,5-9,18H2,(H,19,21). The lowest BCUT2D eigenvalue weighted by atomic mass is 9.83. The van der Waals surface area contributed by atoms with Gasteiger partial charge in [0.1, 0.15) is 0 Å². The molecule has 1 aliphatic carbocycles. The number of fused-ring (bicyclic) bond motifs is 1. The monoisotopic (exact) mass is 284 g/mol. The molecular formula is C17H20N2O2. The summed E-state index contributed by atoms with van der Waals surface area (Å²) in [5.41, 5.74) is 6.65. The fourth-order valence-electron chi connectivity index (χ4n) is 3.12. The second-order valence-electron chi connectivity index (χ2n) is 6.01. The van der Waals surface area contributed by atoms with Gasteiger partial charge in [0.25, 0.3) is 5.56 Å². The average Bonchev–Trinajstić information content (AvgIpc) is 2.49. The van der Waals surface area contributed by atoms with Gasteiger partial charge in [-0.1, -0.05) is 18.2 Å². The molecule has 21 heavy (non-hydrogen) atoms. The minimum Gasteiger partial charge on any atom is -0.328 e. The Kier molecular flexibility index (Phi) is 3.88. The van der Waals surface area contributed by atoms with Crippen molar-refractivity contribution >= 4 is 16.7 Å². The van der Waals surface area contributed by atoms with Crippen LogP contribution in [-0.4, -0.2) is 16.8 Å². The van der Waals surface area contributed by atoms with Crippen LogP contribution >= 0.6 is 0 Å². The van der Waals surface area contributed by atoms with E-state index in [9.17, 15) is 9.59 Å². The zero-order valence-electron chi connectivity index (χ0n) is 12.0. The summed E-state index contributed by atoms with van der Waals surface area (Å²) in [6, 6.07) is 9.50. The Morgan fingerprint density at radius 1 is 1.19 bits per heavy atom. The lowest BCUT2D eigenvalue weighted by Crippen LogP contribution is -2.28. The number of carbonyl (C=O) groups is 1. The van der Waals surface area contributed by atoms with E-state index in [0.717, 1.165) is 36.6 Å². The number of Topliss-reactive ketones (excluding diaryl/α,β-unsaturated/α-hetero) is 1. The fraction of sp³-hybridized carbons (Fsp3) is 0.412. The molecule has 3 rings (SSSR count). The van der Waals surface area contributed by atoms with Gasteiger partial charge in [0.05, 0.1) is 5.56 Å². The molecule has 1 heterocycles. The lowest BCUT2D eigenvalue weighted by Gasteiger charge is -2.25. The number of rotatable bonds is 3. The molecule has 0 saturated heterocycles. The molecule has 0 bridgehead atoms. The van der Waals surface area contributed by atoms with Crippen molar-refractivity contribution in [3.8, 4) is 0 Å². The van der Waals surface area contributed by atoms with Gasteiger partial charge in [0, 0.05) is 18.0 Å². The molecule has 1 aromatic heterocycles. The van der Waals surface area contributed by atoms with E-state index in [1.807, 2.05) is 24.3 Å².